The minimum Gasteiger partial charge on any atom is -0.497 e. The number of rotatable bonds is 7. The molecule has 2 N–H and O–H groups in total. The summed E-state index contributed by atoms with van der Waals surface area (Å²) in [5, 5.41) is 9.01. The van der Waals surface area contributed by atoms with Crippen LogP contribution in [0.5, 0.6) is 5.75 Å². The molecule has 5 nitrogen and oxygen atoms in total. The Morgan fingerprint density at radius 3 is 3.00 bits per heavy atom. The first-order chi connectivity index (χ1) is 10.2. The van der Waals surface area contributed by atoms with Crippen molar-refractivity contribution in [3.05, 3.63) is 40.8 Å². The molecule has 1 aromatic carbocycles. The average molecular weight is 305 g/mol. The van der Waals surface area contributed by atoms with Gasteiger partial charge < -0.3 is 10.1 Å². The van der Waals surface area contributed by atoms with Crippen LogP contribution in [0.3, 0.4) is 0 Å². The molecule has 0 aliphatic rings. The summed E-state index contributed by atoms with van der Waals surface area (Å²) < 4.78 is 5.13. The van der Waals surface area contributed by atoms with Gasteiger partial charge in [-0.2, -0.15) is 0 Å². The summed E-state index contributed by atoms with van der Waals surface area (Å²) in [6, 6.07) is 7.41. The molecule has 0 aliphatic heterocycles. The van der Waals surface area contributed by atoms with Crippen LogP contribution in [-0.2, 0) is 4.79 Å². The monoisotopic (exact) mass is 305 g/mol. The second-order valence-electron chi connectivity index (χ2n) is 4.49. The van der Waals surface area contributed by atoms with Crippen molar-refractivity contribution in [2.45, 2.75) is 19.4 Å². The number of anilines is 1. The van der Waals surface area contributed by atoms with Gasteiger partial charge in [0.1, 0.15) is 10.8 Å². The highest BCUT2D eigenvalue weighted by Crippen LogP contribution is 2.19. The Labute approximate surface area is 128 Å². The van der Waals surface area contributed by atoms with E-state index in [-0.39, 0.29) is 18.5 Å². The van der Waals surface area contributed by atoms with E-state index in [2.05, 4.69) is 22.5 Å². The second kappa shape index (κ2) is 7.75. The molecule has 1 amide bonds. The van der Waals surface area contributed by atoms with Crippen LogP contribution in [0.1, 0.15) is 24.4 Å². The minimum atomic E-state index is -0.0849. The molecule has 1 unspecified atom stereocenters. The maximum Gasteiger partial charge on any atom is 0.238 e. The highest BCUT2D eigenvalue weighted by atomic mass is 32.1. The molecule has 1 atom stereocenters. The molecule has 0 saturated carbocycles. The summed E-state index contributed by atoms with van der Waals surface area (Å²) in [6.45, 7) is 2.31. The standard InChI is InChI=1S/C15H19N3O2S/c1-3-13(15-16-7-8-21-15)17-10-14(19)18-11-5-4-6-12(9-11)20-2/h4-9,13,17H,3,10H2,1-2H3,(H,18,19). The molecule has 0 saturated heterocycles. The maximum atomic E-state index is 12.0. The van der Waals surface area contributed by atoms with Crippen molar-refractivity contribution in [1.82, 2.24) is 10.3 Å². The first-order valence-electron chi connectivity index (χ1n) is 6.79. The molecule has 0 aliphatic carbocycles. The SMILES string of the molecule is CCC(NCC(=O)Nc1cccc(OC)c1)c1nccs1. The smallest absolute Gasteiger partial charge is 0.238 e. The van der Waals surface area contributed by atoms with Gasteiger partial charge in [-0.15, -0.1) is 11.3 Å². The summed E-state index contributed by atoms with van der Waals surface area (Å²) in [5.41, 5.74) is 0.725. The topological polar surface area (TPSA) is 63.2 Å². The van der Waals surface area contributed by atoms with Crippen LogP contribution < -0.4 is 15.4 Å². The van der Waals surface area contributed by atoms with Gasteiger partial charge in [0.2, 0.25) is 5.91 Å². The number of hydrogen-bond acceptors (Lipinski definition) is 5. The number of nitrogens with one attached hydrogen (secondary N) is 2. The van der Waals surface area contributed by atoms with E-state index in [0.29, 0.717) is 0 Å². The van der Waals surface area contributed by atoms with Crippen molar-refractivity contribution >= 4 is 22.9 Å². The van der Waals surface area contributed by atoms with E-state index in [9.17, 15) is 4.79 Å². The third kappa shape index (κ3) is 4.54. The molecule has 0 bridgehead atoms. The highest BCUT2D eigenvalue weighted by molar-refractivity contribution is 7.09. The lowest BCUT2D eigenvalue weighted by Crippen LogP contribution is -2.31. The first kappa shape index (κ1) is 15.5. The van der Waals surface area contributed by atoms with E-state index in [0.717, 1.165) is 22.9 Å². The first-order valence-corrected chi connectivity index (χ1v) is 7.67. The van der Waals surface area contributed by atoms with Gasteiger partial charge in [-0.1, -0.05) is 13.0 Å². The summed E-state index contributed by atoms with van der Waals surface area (Å²) >= 11 is 1.59. The Balaban J connectivity index is 1.86. The molecule has 0 fully saturated rings. The van der Waals surface area contributed by atoms with E-state index in [1.54, 1.807) is 30.7 Å². The lowest BCUT2D eigenvalue weighted by molar-refractivity contribution is -0.115. The number of carbonyl (C=O) groups is 1. The third-order valence-corrected chi connectivity index (χ3v) is 3.91. The Bertz CT molecular complexity index is 572. The fraction of sp³-hybridized carbons (Fsp3) is 0.333. The summed E-state index contributed by atoms with van der Waals surface area (Å²) in [7, 11) is 1.60. The van der Waals surface area contributed by atoms with Crippen molar-refractivity contribution in [3.63, 3.8) is 0 Å². The minimum absolute atomic E-state index is 0.0849. The number of carbonyl (C=O) groups excluding carboxylic acids is 1. The Morgan fingerprint density at radius 2 is 2.33 bits per heavy atom. The molecule has 1 heterocycles. The zero-order valence-electron chi connectivity index (χ0n) is 12.1. The largest absolute Gasteiger partial charge is 0.497 e. The van der Waals surface area contributed by atoms with Crippen LogP contribution in [0.15, 0.2) is 35.8 Å². The Morgan fingerprint density at radius 1 is 1.48 bits per heavy atom. The molecule has 2 rings (SSSR count). The zero-order chi connectivity index (χ0) is 15.1. The number of amides is 1. The summed E-state index contributed by atoms with van der Waals surface area (Å²) in [6.07, 6.45) is 2.67. The van der Waals surface area contributed by atoms with Gasteiger partial charge in [-0.25, -0.2) is 4.98 Å². The van der Waals surface area contributed by atoms with Crippen molar-refractivity contribution in [2.24, 2.45) is 0 Å². The number of aromatic nitrogens is 1. The lowest BCUT2D eigenvalue weighted by atomic mass is 10.2. The van der Waals surface area contributed by atoms with Crippen molar-refractivity contribution in [1.29, 1.82) is 0 Å². The van der Waals surface area contributed by atoms with Crippen molar-refractivity contribution < 1.29 is 9.53 Å². The van der Waals surface area contributed by atoms with E-state index in [4.69, 9.17) is 4.74 Å². The number of benzene rings is 1. The second-order valence-corrected chi connectivity index (χ2v) is 5.42. The highest BCUT2D eigenvalue weighted by Gasteiger charge is 2.13. The Kier molecular flexibility index (Phi) is 5.71. The predicted molar refractivity (Wildman–Crippen MR) is 84.8 cm³/mol. The summed E-state index contributed by atoms with van der Waals surface area (Å²) in [5.74, 6) is 0.633. The zero-order valence-corrected chi connectivity index (χ0v) is 12.9. The van der Waals surface area contributed by atoms with Crippen molar-refractivity contribution in [2.75, 3.05) is 19.0 Å². The third-order valence-electron chi connectivity index (χ3n) is 3.02. The van der Waals surface area contributed by atoms with E-state index < -0.39 is 0 Å². The molecule has 1 aromatic heterocycles. The number of thiazole rings is 1. The molecule has 2 aromatic rings. The fourth-order valence-electron chi connectivity index (χ4n) is 1.93. The molecule has 0 spiro atoms. The maximum absolute atomic E-state index is 12.0. The molecule has 6 heteroatoms. The van der Waals surface area contributed by atoms with E-state index >= 15 is 0 Å². The molecule has 112 valence electrons. The molecule has 0 radical (unpaired) electrons. The predicted octanol–water partition coefficient (Wildman–Crippen LogP) is 2.83. The van der Waals surface area contributed by atoms with Crippen LogP contribution in [0.25, 0.3) is 0 Å². The quantitative estimate of drug-likeness (QED) is 0.825. The van der Waals surface area contributed by atoms with Crippen LogP contribution in [0.4, 0.5) is 5.69 Å². The normalized spacial score (nSPS) is 11.9. The van der Waals surface area contributed by atoms with Gasteiger partial charge in [-0.3, -0.25) is 10.1 Å². The number of ether oxygens (including phenoxy) is 1. The average Bonchev–Trinajstić information content (AvgIpc) is 3.02. The van der Waals surface area contributed by atoms with Gasteiger partial charge in [0.25, 0.3) is 0 Å². The molecular weight excluding hydrogens is 286 g/mol. The van der Waals surface area contributed by atoms with Gasteiger partial charge in [0.15, 0.2) is 0 Å². The fourth-order valence-corrected chi connectivity index (χ4v) is 2.73. The van der Waals surface area contributed by atoms with E-state index in [1.807, 2.05) is 23.6 Å². The van der Waals surface area contributed by atoms with Crippen LogP contribution in [0, 0.1) is 0 Å². The van der Waals surface area contributed by atoms with Crippen LogP contribution in [-0.4, -0.2) is 24.5 Å². The number of methoxy groups -OCH3 is 1. The van der Waals surface area contributed by atoms with Gasteiger partial charge in [0.05, 0.1) is 19.7 Å². The Hall–Kier alpha value is -1.92. The lowest BCUT2D eigenvalue weighted by Gasteiger charge is -2.14. The number of hydrogen-bond donors (Lipinski definition) is 2. The van der Waals surface area contributed by atoms with Crippen molar-refractivity contribution in [3.8, 4) is 5.75 Å². The van der Waals surface area contributed by atoms with Gasteiger partial charge >= 0.3 is 0 Å². The summed E-state index contributed by atoms with van der Waals surface area (Å²) in [4.78, 5) is 16.3. The van der Waals surface area contributed by atoms with Crippen LogP contribution >= 0.6 is 11.3 Å². The number of nitrogens with zero attached hydrogens (tertiary/aromatic N) is 1. The molecular formula is C15H19N3O2S. The van der Waals surface area contributed by atoms with Gasteiger partial charge in [-0.05, 0) is 18.6 Å². The van der Waals surface area contributed by atoms with E-state index in [1.165, 1.54) is 0 Å². The van der Waals surface area contributed by atoms with Gasteiger partial charge in [0, 0.05) is 23.3 Å². The molecule has 21 heavy (non-hydrogen) atoms. The van der Waals surface area contributed by atoms with Crippen LogP contribution in [0.2, 0.25) is 0 Å².